The third-order valence-corrected chi connectivity index (χ3v) is 4.97. The lowest BCUT2D eigenvalue weighted by molar-refractivity contribution is 0.0944. The highest BCUT2D eigenvalue weighted by Gasteiger charge is 2.20. The van der Waals surface area contributed by atoms with E-state index < -0.39 is 5.82 Å². The van der Waals surface area contributed by atoms with E-state index in [0.29, 0.717) is 21.4 Å². The quantitative estimate of drug-likeness (QED) is 0.778. The van der Waals surface area contributed by atoms with E-state index in [-0.39, 0.29) is 17.0 Å². The number of nitrogens with one attached hydrogen (secondary N) is 1. The van der Waals surface area contributed by atoms with Gasteiger partial charge in [-0.15, -0.1) is 11.3 Å². The number of aromatic nitrogens is 2. The number of benzene rings is 1. The normalized spacial score (nSPS) is 12.3. The highest BCUT2D eigenvalue weighted by atomic mass is 35.5. The lowest BCUT2D eigenvalue weighted by atomic mass is 10.2. The van der Waals surface area contributed by atoms with E-state index in [1.54, 1.807) is 30.7 Å². The molecule has 2 aromatic heterocycles. The highest BCUT2D eigenvalue weighted by Crippen LogP contribution is 2.36. The number of fused-ring (bicyclic) bond motifs is 1. The van der Waals surface area contributed by atoms with Crippen LogP contribution in [0.4, 0.5) is 4.39 Å². The maximum atomic E-state index is 13.8. The summed E-state index contributed by atoms with van der Waals surface area (Å²) in [5.41, 5.74) is 0.786. The zero-order chi connectivity index (χ0) is 16.4. The molecule has 1 unspecified atom stereocenters. The molecule has 0 aliphatic rings. The predicted octanol–water partition coefficient (Wildman–Crippen LogP) is 3.84. The van der Waals surface area contributed by atoms with Gasteiger partial charge < -0.3 is 5.32 Å². The first kappa shape index (κ1) is 15.8. The summed E-state index contributed by atoms with van der Waals surface area (Å²) in [6.45, 7) is 1.87. The molecular weight excluding hydrogens is 337 g/mol. The second-order valence-electron chi connectivity index (χ2n) is 5.13. The topological polar surface area (TPSA) is 54.9 Å². The minimum atomic E-state index is -0.421. The monoisotopic (exact) mass is 349 g/mol. The van der Waals surface area contributed by atoms with Crippen molar-refractivity contribution in [2.45, 2.75) is 19.4 Å². The number of carbonyl (C=O) groups is 1. The molecule has 1 N–H and O–H groups in total. The molecule has 0 saturated carbocycles. The van der Waals surface area contributed by atoms with Crippen molar-refractivity contribution >= 4 is 38.9 Å². The molecule has 1 atom stereocenters. The van der Waals surface area contributed by atoms with Gasteiger partial charge in [-0.25, -0.2) is 4.39 Å². The molecule has 118 valence electrons. The third-order valence-electron chi connectivity index (χ3n) is 3.32. The molecule has 0 bridgehead atoms. The second kappa shape index (κ2) is 6.60. The number of halogens is 2. The van der Waals surface area contributed by atoms with Gasteiger partial charge in [-0.05, 0) is 19.1 Å². The number of hydrogen-bond donors (Lipinski definition) is 1. The number of thiophene rings is 1. The standard InChI is InChI=1S/C16H13ClFN3OS/c1-9(7-10-8-19-5-6-20-10)21-16(22)15-14(17)13-11(18)3-2-4-12(13)23-15/h2-6,8-9H,7H2,1H3,(H,21,22). The van der Waals surface area contributed by atoms with Crippen molar-refractivity contribution in [3.05, 3.63) is 58.2 Å². The van der Waals surface area contributed by atoms with Crippen molar-refractivity contribution in [3.63, 3.8) is 0 Å². The van der Waals surface area contributed by atoms with Gasteiger partial charge in [0.15, 0.2) is 0 Å². The molecule has 23 heavy (non-hydrogen) atoms. The molecule has 2 heterocycles. The number of rotatable bonds is 4. The summed E-state index contributed by atoms with van der Waals surface area (Å²) in [5, 5.41) is 3.32. The summed E-state index contributed by atoms with van der Waals surface area (Å²) < 4.78 is 14.5. The van der Waals surface area contributed by atoms with E-state index in [4.69, 9.17) is 11.6 Å². The highest BCUT2D eigenvalue weighted by molar-refractivity contribution is 7.21. The van der Waals surface area contributed by atoms with E-state index in [0.717, 1.165) is 5.69 Å². The van der Waals surface area contributed by atoms with Gasteiger partial charge in [0.1, 0.15) is 10.7 Å². The van der Waals surface area contributed by atoms with Crippen molar-refractivity contribution in [1.29, 1.82) is 0 Å². The van der Waals surface area contributed by atoms with Crippen LogP contribution in [0.15, 0.2) is 36.8 Å². The van der Waals surface area contributed by atoms with Crippen LogP contribution in [0.2, 0.25) is 5.02 Å². The smallest absolute Gasteiger partial charge is 0.263 e. The first-order valence-electron chi connectivity index (χ1n) is 6.98. The Hall–Kier alpha value is -2.05. The fourth-order valence-electron chi connectivity index (χ4n) is 2.31. The van der Waals surface area contributed by atoms with Crippen molar-refractivity contribution in [2.75, 3.05) is 0 Å². The fourth-order valence-corrected chi connectivity index (χ4v) is 3.77. The molecule has 0 aliphatic carbocycles. The Morgan fingerprint density at radius 3 is 2.96 bits per heavy atom. The van der Waals surface area contributed by atoms with Crippen molar-refractivity contribution in [2.24, 2.45) is 0 Å². The van der Waals surface area contributed by atoms with Crippen LogP contribution in [0.1, 0.15) is 22.3 Å². The molecule has 0 saturated heterocycles. The Kier molecular flexibility index (Phi) is 4.54. The number of hydrogen-bond acceptors (Lipinski definition) is 4. The zero-order valence-electron chi connectivity index (χ0n) is 12.2. The number of amides is 1. The molecule has 1 amide bonds. The average Bonchev–Trinajstić information content (AvgIpc) is 2.86. The second-order valence-corrected chi connectivity index (χ2v) is 6.56. The van der Waals surface area contributed by atoms with Gasteiger partial charge in [0.05, 0.1) is 10.7 Å². The molecule has 0 spiro atoms. The first-order valence-corrected chi connectivity index (χ1v) is 8.18. The fraction of sp³-hybridized carbons (Fsp3) is 0.188. The lowest BCUT2D eigenvalue weighted by Gasteiger charge is -2.12. The van der Waals surface area contributed by atoms with Crippen LogP contribution in [0.25, 0.3) is 10.1 Å². The SMILES string of the molecule is CC(Cc1cnccn1)NC(=O)c1sc2cccc(F)c2c1Cl. The van der Waals surface area contributed by atoms with Gasteiger partial charge >= 0.3 is 0 Å². The molecule has 0 fully saturated rings. The van der Waals surface area contributed by atoms with Crippen LogP contribution in [0, 0.1) is 5.82 Å². The van der Waals surface area contributed by atoms with Crippen molar-refractivity contribution in [1.82, 2.24) is 15.3 Å². The molecule has 0 aliphatic heterocycles. The number of carbonyl (C=O) groups excluding carboxylic acids is 1. The van der Waals surface area contributed by atoms with Crippen molar-refractivity contribution < 1.29 is 9.18 Å². The van der Waals surface area contributed by atoms with Gasteiger partial charge in [-0.2, -0.15) is 0 Å². The van der Waals surface area contributed by atoms with Crippen LogP contribution < -0.4 is 5.32 Å². The van der Waals surface area contributed by atoms with Gasteiger partial charge in [-0.3, -0.25) is 14.8 Å². The molecular formula is C16H13ClFN3OS. The number of nitrogens with zero attached hydrogens (tertiary/aromatic N) is 2. The maximum absolute atomic E-state index is 13.8. The van der Waals surface area contributed by atoms with Gasteiger partial charge in [0, 0.05) is 41.1 Å². The Labute approximate surface area is 141 Å². The maximum Gasteiger partial charge on any atom is 0.263 e. The Morgan fingerprint density at radius 1 is 1.43 bits per heavy atom. The Bertz CT molecular complexity index is 853. The van der Waals surface area contributed by atoms with E-state index in [2.05, 4.69) is 15.3 Å². The summed E-state index contributed by atoms with van der Waals surface area (Å²) in [5.74, 6) is -0.734. The molecule has 7 heteroatoms. The third kappa shape index (κ3) is 3.33. The van der Waals surface area contributed by atoms with E-state index in [1.807, 2.05) is 6.92 Å². The first-order chi connectivity index (χ1) is 11.1. The summed E-state index contributed by atoms with van der Waals surface area (Å²) in [4.78, 5) is 20.9. The largest absolute Gasteiger partial charge is 0.348 e. The summed E-state index contributed by atoms with van der Waals surface area (Å²) in [7, 11) is 0. The molecule has 0 radical (unpaired) electrons. The average molecular weight is 350 g/mol. The van der Waals surface area contributed by atoms with Crippen LogP contribution in [0.3, 0.4) is 0 Å². The predicted molar refractivity (Wildman–Crippen MR) is 89.5 cm³/mol. The Balaban J connectivity index is 1.78. The molecule has 3 rings (SSSR count). The van der Waals surface area contributed by atoms with Crippen LogP contribution in [0.5, 0.6) is 0 Å². The summed E-state index contributed by atoms with van der Waals surface area (Å²) in [6.07, 6.45) is 5.41. The van der Waals surface area contributed by atoms with Crippen LogP contribution in [-0.2, 0) is 6.42 Å². The van der Waals surface area contributed by atoms with Gasteiger partial charge in [0.2, 0.25) is 0 Å². The Morgan fingerprint density at radius 2 is 2.26 bits per heavy atom. The summed E-state index contributed by atoms with van der Waals surface area (Å²) >= 11 is 7.37. The van der Waals surface area contributed by atoms with Gasteiger partial charge in [-0.1, -0.05) is 17.7 Å². The van der Waals surface area contributed by atoms with Crippen LogP contribution in [-0.4, -0.2) is 21.9 Å². The lowest BCUT2D eigenvalue weighted by Crippen LogP contribution is -2.34. The molecule has 4 nitrogen and oxygen atoms in total. The molecule has 1 aromatic carbocycles. The van der Waals surface area contributed by atoms with E-state index in [9.17, 15) is 9.18 Å². The van der Waals surface area contributed by atoms with Crippen LogP contribution >= 0.6 is 22.9 Å². The molecule has 3 aromatic rings. The van der Waals surface area contributed by atoms with E-state index >= 15 is 0 Å². The minimum absolute atomic E-state index is 0.148. The zero-order valence-corrected chi connectivity index (χ0v) is 13.8. The van der Waals surface area contributed by atoms with Gasteiger partial charge in [0.25, 0.3) is 5.91 Å². The van der Waals surface area contributed by atoms with Crippen molar-refractivity contribution in [3.8, 4) is 0 Å². The minimum Gasteiger partial charge on any atom is -0.348 e. The summed E-state index contributed by atoms with van der Waals surface area (Å²) in [6, 6.07) is 4.53. The van der Waals surface area contributed by atoms with E-state index in [1.165, 1.54) is 17.4 Å².